The molecule has 0 aromatic carbocycles. The largest absolute Gasteiger partial charge is 0.313 e. The first kappa shape index (κ1) is 14.0. The van der Waals surface area contributed by atoms with Crippen molar-refractivity contribution in [2.75, 3.05) is 0 Å². The number of Topliss-reactive ketones (excluding diaryl/α,β-unsaturated/α-hetero) is 1. The highest BCUT2D eigenvalue weighted by Crippen LogP contribution is 2.14. The zero-order valence-corrected chi connectivity index (χ0v) is 12.7. The highest BCUT2D eigenvalue weighted by molar-refractivity contribution is 7.08. The van der Waals surface area contributed by atoms with Crippen LogP contribution in [0, 0.1) is 5.41 Å². The van der Waals surface area contributed by atoms with Gasteiger partial charge in [-0.05, 0) is 28.5 Å². The number of thiophene rings is 1. The summed E-state index contributed by atoms with van der Waals surface area (Å²) in [4.78, 5) is 26.4. The predicted octanol–water partition coefficient (Wildman–Crippen LogP) is 1.72. The zero-order chi connectivity index (χ0) is 14.0. The molecule has 0 amide bonds. The molecular formula is C14H15NO2S2. The Bertz CT molecular complexity index is 743. The smallest absolute Gasteiger partial charge is 0.266 e. The summed E-state index contributed by atoms with van der Waals surface area (Å²) in [7, 11) is 0. The Hall–Kier alpha value is -1.46. The third-order valence-electron chi connectivity index (χ3n) is 2.52. The monoisotopic (exact) mass is 293 g/mol. The van der Waals surface area contributed by atoms with Crippen LogP contribution in [0.4, 0.5) is 0 Å². The summed E-state index contributed by atoms with van der Waals surface area (Å²) in [5, 5.41) is 3.94. The lowest BCUT2D eigenvalue weighted by atomic mass is 9.91. The summed E-state index contributed by atoms with van der Waals surface area (Å²) in [6.07, 6.45) is 3.34. The molecule has 3 nitrogen and oxygen atoms in total. The van der Waals surface area contributed by atoms with Crippen molar-refractivity contribution in [2.45, 2.75) is 20.8 Å². The highest BCUT2D eigenvalue weighted by Gasteiger charge is 2.18. The minimum atomic E-state index is -0.432. The van der Waals surface area contributed by atoms with Gasteiger partial charge in [0, 0.05) is 11.5 Å². The lowest BCUT2D eigenvalue weighted by Crippen LogP contribution is -2.22. The van der Waals surface area contributed by atoms with E-state index in [0.29, 0.717) is 9.20 Å². The average molecular weight is 293 g/mol. The third kappa shape index (κ3) is 3.52. The fraction of sp³-hybridized carbons (Fsp3) is 0.286. The van der Waals surface area contributed by atoms with Crippen LogP contribution in [-0.2, 0) is 4.79 Å². The molecule has 2 rings (SSSR count). The number of rotatable bonds is 2. The summed E-state index contributed by atoms with van der Waals surface area (Å²) in [6.45, 7) is 5.57. The number of thiazole rings is 1. The van der Waals surface area contributed by atoms with Crippen LogP contribution in [-0.4, -0.2) is 10.8 Å². The molecule has 0 saturated heterocycles. The van der Waals surface area contributed by atoms with E-state index >= 15 is 0 Å². The quantitative estimate of drug-likeness (QED) is 0.916. The van der Waals surface area contributed by atoms with Gasteiger partial charge in [-0.25, -0.2) is 0 Å². The van der Waals surface area contributed by atoms with Crippen LogP contribution in [0.1, 0.15) is 26.3 Å². The predicted molar refractivity (Wildman–Crippen MR) is 81.0 cm³/mol. The fourth-order valence-corrected chi connectivity index (χ4v) is 2.87. The molecule has 1 N–H and O–H groups in total. The molecule has 0 unspecified atom stereocenters. The van der Waals surface area contributed by atoms with Gasteiger partial charge in [0.25, 0.3) is 5.56 Å². The Balaban J connectivity index is 2.46. The normalized spacial score (nSPS) is 14.1. The molecule has 5 heteroatoms. The first-order valence-corrected chi connectivity index (χ1v) is 7.61. The van der Waals surface area contributed by atoms with E-state index in [1.165, 1.54) is 17.4 Å². The first-order chi connectivity index (χ1) is 8.86. The molecule has 0 atom stereocenters. The standard InChI is InChI=1S/C14H15NO2S2/c1-14(2,3)11(16)7-12-15-13(17)10(19-12)6-9-4-5-18-8-9/h4-8H,1-3H3,(H,15,17). The van der Waals surface area contributed by atoms with Crippen molar-refractivity contribution >= 4 is 40.6 Å². The van der Waals surface area contributed by atoms with Crippen LogP contribution in [0.5, 0.6) is 0 Å². The molecule has 0 bridgehead atoms. The van der Waals surface area contributed by atoms with Crippen molar-refractivity contribution < 1.29 is 4.79 Å². The Morgan fingerprint density at radius 1 is 1.37 bits per heavy atom. The summed E-state index contributed by atoms with van der Waals surface area (Å²) in [5.41, 5.74) is 0.424. The number of nitrogens with one attached hydrogen (secondary N) is 1. The van der Waals surface area contributed by atoms with Crippen molar-refractivity contribution in [1.29, 1.82) is 0 Å². The summed E-state index contributed by atoms with van der Waals surface area (Å²) >= 11 is 2.89. The minimum absolute atomic E-state index is 0.00656. The third-order valence-corrected chi connectivity index (χ3v) is 4.19. The molecular weight excluding hydrogens is 278 g/mol. The maximum Gasteiger partial charge on any atom is 0.266 e. The van der Waals surface area contributed by atoms with Gasteiger partial charge in [-0.15, -0.1) is 11.3 Å². The molecule has 2 aromatic heterocycles. The van der Waals surface area contributed by atoms with E-state index in [1.807, 2.05) is 43.7 Å². The topological polar surface area (TPSA) is 49.9 Å². The van der Waals surface area contributed by atoms with E-state index in [9.17, 15) is 9.59 Å². The summed E-state index contributed by atoms with van der Waals surface area (Å²) in [5.74, 6) is 0.00656. The van der Waals surface area contributed by atoms with Crippen molar-refractivity contribution in [3.8, 4) is 0 Å². The Labute approximate surface area is 118 Å². The first-order valence-electron chi connectivity index (χ1n) is 5.85. The van der Waals surface area contributed by atoms with E-state index < -0.39 is 5.41 Å². The molecule has 2 heterocycles. The lowest BCUT2D eigenvalue weighted by Gasteiger charge is -2.12. The van der Waals surface area contributed by atoms with E-state index in [4.69, 9.17) is 0 Å². The minimum Gasteiger partial charge on any atom is -0.313 e. The second kappa shape index (κ2) is 5.27. The number of hydrogen-bond donors (Lipinski definition) is 1. The van der Waals surface area contributed by atoms with Crippen LogP contribution in [0.15, 0.2) is 21.6 Å². The van der Waals surface area contributed by atoms with E-state index in [2.05, 4.69) is 4.98 Å². The second-order valence-corrected chi connectivity index (χ2v) is 7.11. The number of carbonyl (C=O) groups is 1. The van der Waals surface area contributed by atoms with Gasteiger partial charge in [0.1, 0.15) is 0 Å². The van der Waals surface area contributed by atoms with Crippen molar-refractivity contribution in [3.05, 3.63) is 41.9 Å². The number of aromatic nitrogens is 1. The maximum atomic E-state index is 11.9. The van der Waals surface area contributed by atoms with Crippen LogP contribution < -0.4 is 14.8 Å². The molecule has 0 aliphatic heterocycles. The maximum absolute atomic E-state index is 11.9. The van der Waals surface area contributed by atoms with Gasteiger partial charge < -0.3 is 4.98 Å². The lowest BCUT2D eigenvalue weighted by molar-refractivity contribution is -0.119. The number of hydrogen-bond acceptors (Lipinski definition) is 4. The summed E-state index contributed by atoms with van der Waals surface area (Å²) < 4.78 is 1.22. The van der Waals surface area contributed by atoms with Gasteiger partial charge in [0.15, 0.2) is 5.78 Å². The molecule has 0 aliphatic carbocycles. The van der Waals surface area contributed by atoms with Crippen LogP contribution >= 0.6 is 22.7 Å². The molecule has 0 fully saturated rings. The number of ketones is 1. The molecule has 19 heavy (non-hydrogen) atoms. The van der Waals surface area contributed by atoms with E-state index in [-0.39, 0.29) is 11.3 Å². The molecule has 100 valence electrons. The Kier molecular flexibility index (Phi) is 3.87. The Morgan fingerprint density at radius 2 is 2.11 bits per heavy atom. The van der Waals surface area contributed by atoms with Crippen molar-refractivity contribution in [1.82, 2.24) is 4.98 Å². The molecule has 0 radical (unpaired) electrons. The second-order valence-electron chi connectivity index (χ2n) is 5.24. The molecule has 0 spiro atoms. The van der Waals surface area contributed by atoms with Crippen LogP contribution in [0.3, 0.4) is 0 Å². The van der Waals surface area contributed by atoms with Gasteiger partial charge in [-0.1, -0.05) is 20.8 Å². The van der Waals surface area contributed by atoms with Gasteiger partial charge in [-0.3, -0.25) is 9.59 Å². The van der Waals surface area contributed by atoms with Gasteiger partial charge >= 0.3 is 0 Å². The average Bonchev–Trinajstić information content (AvgIpc) is 2.89. The van der Waals surface area contributed by atoms with Crippen LogP contribution in [0.25, 0.3) is 12.2 Å². The number of aromatic amines is 1. The Morgan fingerprint density at radius 3 is 2.68 bits per heavy atom. The van der Waals surface area contributed by atoms with Gasteiger partial charge in [0.2, 0.25) is 0 Å². The zero-order valence-electron chi connectivity index (χ0n) is 11.0. The fourth-order valence-electron chi connectivity index (χ4n) is 1.37. The summed E-state index contributed by atoms with van der Waals surface area (Å²) in [6, 6.07) is 1.95. The molecule has 0 saturated carbocycles. The number of H-pyrrole nitrogens is 1. The SMILES string of the molecule is CC(C)(C)C(=O)C=c1[nH]c(=O)c(=Cc2ccsc2)s1. The van der Waals surface area contributed by atoms with Crippen molar-refractivity contribution in [2.24, 2.45) is 5.41 Å². The van der Waals surface area contributed by atoms with Crippen LogP contribution in [0.2, 0.25) is 0 Å². The van der Waals surface area contributed by atoms with Gasteiger partial charge in [-0.2, -0.15) is 11.3 Å². The van der Waals surface area contributed by atoms with E-state index in [1.54, 1.807) is 11.3 Å². The molecule has 2 aromatic rings. The van der Waals surface area contributed by atoms with Crippen molar-refractivity contribution in [3.63, 3.8) is 0 Å². The highest BCUT2D eigenvalue weighted by atomic mass is 32.1. The van der Waals surface area contributed by atoms with Gasteiger partial charge in [0.05, 0.1) is 9.20 Å². The molecule has 0 aliphatic rings. The number of carbonyl (C=O) groups excluding carboxylic acids is 1. The van der Waals surface area contributed by atoms with E-state index in [0.717, 1.165) is 5.56 Å².